The van der Waals surface area contributed by atoms with Crippen LogP contribution in [0.25, 0.3) is 6.08 Å². The van der Waals surface area contributed by atoms with Gasteiger partial charge in [-0.3, -0.25) is 24.6 Å². The largest absolute Gasteiger partial charge is 0.326 e. The molecule has 0 spiro atoms. The summed E-state index contributed by atoms with van der Waals surface area (Å²) in [6.45, 7) is 1.42. The molecule has 0 aliphatic carbocycles. The Morgan fingerprint density at radius 2 is 1.75 bits per heavy atom. The monoisotopic (exact) mass is 426 g/mol. The van der Waals surface area contributed by atoms with Crippen molar-refractivity contribution in [2.24, 2.45) is 4.99 Å². The molecule has 1 heterocycles. The zero-order valence-corrected chi connectivity index (χ0v) is 17.1. The maximum atomic E-state index is 13.3. The number of nitro benzene ring substituents is 1. The molecule has 1 aliphatic rings. The van der Waals surface area contributed by atoms with Crippen molar-refractivity contribution in [2.45, 2.75) is 6.92 Å². The molecule has 3 aromatic rings. The van der Waals surface area contributed by atoms with Crippen molar-refractivity contribution < 1.29 is 14.5 Å². The van der Waals surface area contributed by atoms with Gasteiger partial charge in [0.1, 0.15) is 11.5 Å². The SMILES string of the molecule is CC(=O)Nc1ccc(N2C(=O)/C(=C/c3cccc([N+](=O)[O-])c3)N=C2c2ccccc2)cc1. The van der Waals surface area contributed by atoms with Crippen LogP contribution in [-0.2, 0) is 9.59 Å². The summed E-state index contributed by atoms with van der Waals surface area (Å²) in [7, 11) is 0. The molecule has 8 nitrogen and oxygen atoms in total. The van der Waals surface area contributed by atoms with Crippen molar-refractivity contribution in [3.05, 3.63) is 106 Å². The second-order valence-electron chi connectivity index (χ2n) is 7.05. The van der Waals surface area contributed by atoms with Crippen LogP contribution >= 0.6 is 0 Å². The van der Waals surface area contributed by atoms with Gasteiger partial charge in [-0.15, -0.1) is 0 Å². The average Bonchev–Trinajstić information content (AvgIpc) is 3.10. The molecule has 1 N–H and O–H groups in total. The zero-order chi connectivity index (χ0) is 22.7. The Bertz CT molecular complexity index is 1260. The number of nitrogens with one attached hydrogen (secondary N) is 1. The van der Waals surface area contributed by atoms with Gasteiger partial charge in [-0.1, -0.05) is 42.5 Å². The third kappa shape index (κ3) is 4.29. The maximum absolute atomic E-state index is 13.3. The number of non-ortho nitro benzene ring substituents is 1. The molecule has 0 fully saturated rings. The van der Waals surface area contributed by atoms with Crippen LogP contribution in [0.5, 0.6) is 0 Å². The molecule has 0 bridgehead atoms. The van der Waals surface area contributed by atoms with Crippen LogP contribution in [0.3, 0.4) is 0 Å². The first kappa shape index (κ1) is 20.7. The highest BCUT2D eigenvalue weighted by atomic mass is 16.6. The number of carbonyl (C=O) groups excluding carboxylic acids is 2. The average molecular weight is 426 g/mol. The fourth-order valence-corrected chi connectivity index (χ4v) is 3.32. The van der Waals surface area contributed by atoms with E-state index in [0.717, 1.165) is 5.56 Å². The summed E-state index contributed by atoms with van der Waals surface area (Å²) < 4.78 is 0. The molecule has 0 saturated heterocycles. The van der Waals surface area contributed by atoms with E-state index < -0.39 is 4.92 Å². The number of carbonyl (C=O) groups is 2. The Hall–Kier alpha value is -4.59. The molecule has 1 aliphatic heterocycles. The van der Waals surface area contributed by atoms with Gasteiger partial charge in [0, 0.05) is 30.3 Å². The quantitative estimate of drug-likeness (QED) is 0.371. The minimum absolute atomic E-state index is 0.0672. The number of amidine groups is 1. The van der Waals surface area contributed by atoms with Crippen molar-refractivity contribution in [2.75, 3.05) is 10.2 Å². The number of rotatable bonds is 5. The summed E-state index contributed by atoms with van der Waals surface area (Å²) in [4.78, 5) is 41.2. The Morgan fingerprint density at radius 3 is 2.41 bits per heavy atom. The van der Waals surface area contributed by atoms with Crippen LogP contribution in [0.2, 0.25) is 0 Å². The van der Waals surface area contributed by atoms with Crippen molar-refractivity contribution in [3.8, 4) is 0 Å². The molecule has 158 valence electrons. The highest BCUT2D eigenvalue weighted by Gasteiger charge is 2.32. The Balaban J connectivity index is 1.76. The van der Waals surface area contributed by atoms with Gasteiger partial charge < -0.3 is 5.32 Å². The molecule has 2 amide bonds. The van der Waals surface area contributed by atoms with E-state index in [9.17, 15) is 19.7 Å². The molecular formula is C24H18N4O4. The lowest BCUT2D eigenvalue weighted by atomic mass is 10.1. The van der Waals surface area contributed by atoms with E-state index in [1.54, 1.807) is 36.4 Å². The lowest BCUT2D eigenvalue weighted by Crippen LogP contribution is -2.32. The molecule has 0 aromatic heterocycles. The lowest BCUT2D eigenvalue weighted by Gasteiger charge is -2.19. The first-order chi connectivity index (χ1) is 15.4. The van der Waals surface area contributed by atoms with Crippen LogP contribution in [0.4, 0.5) is 17.1 Å². The summed E-state index contributed by atoms with van der Waals surface area (Å²) in [5.74, 6) is -0.106. The topological polar surface area (TPSA) is 105 Å². The molecule has 0 radical (unpaired) electrons. The summed E-state index contributed by atoms with van der Waals surface area (Å²) in [6, 6.07) is 22.1. The first-order valence-corrected chi connectivity index (χ1v) is 9.75. The summed E-state index contributed by atoms with van der Waals surface area (Å²) in [6.07, 6.45) is 1.53. The third-order valence-electron chi connectivity index (χ3n) is 4.72. The summed E-state index contributed by atoms with van der Waals surface area (Å²) in [5.41, 5.74) is 2.53. The van der Waals surface area contributed by atoms with E-state index in [2.05, 4.69) is 10.3 Å². The first-order valence-electron chi connectivity index (χ1n) is 9.75. The molecule has 32 heavy (non-hydrogen) atoms. The number of hydrogen-bond donors (Lipinski definition) is 1. The second kappa shape index (κ2) is 8.65. The van der Waals surface area contributed by atoms with Gasteiger partial charge in [0.2, 0.25) is 5.91 Å². The number of nitro groups is 1. The van der Waals surface area contributed by atoms with Crippen molar-refractivity contribution >= 4 is 40.8 Å². The third-order valence-corrected chi connectivity index (χ3v) is 4.72. The zero-order valence-electron chi connectivity index (χ0n) is 17.1. The number of anilines is 2. The molecule has 8 heteroatoms. The van der Waals surface area contributed by atoms with Crippen LogP contribution < -0.4 is 10.2 Å². The molecule has 0 unspecified atom stereocenters. The standard InChI is InChI=1S/C24H18N4O4/c1-16(29)25-19-10-12-20(13-11-19)27-23(18-7-3-2-4-8-18)26-22(24(27)30)15-17-6-5-9-21(14-17)28(31)32/h2-15H,1H3,(H,25,29)/b22-15-. The van der Waals surface area contributed by atoms with E-state index >= 15 is 0 Å². The minimum Gasteiger partial charge on any atom is -0.326 e. The molecule has 4 rings (SSSR count). The summed E-state index contributed by atoms with van der Waals surface area (Å²) >= 11 is 0. The fraction of sp³-hybridized carbons (Fsp3) is 0.0417. The molecule has 3 aromatic carbocycles. The molecule has 0 atom stereocenters. The number of nitrogens with zero attached hydrogens (tertiary/aromatic N) is 3. The van der Waals surface area contributed by atoms with Gasteiger partial charge in [0.15, 0.2) is 0 Å². The molecule has 0 saturated carbocycles. The minimum atomic E-state index is -0.486. The number of aliphatic imine (C=N–C) groups is 1. The predicted octanol–water partition coefficient (Wildman–Crippen LogP) is 4.39. The highest BCUT2D eigenvalue weighted by molar-refractivity contribution is 6.33. The van der Waals surface area contributed by atoms with E-state index in [1.165, 1.54) is 30.0 Å². The van der Waals surface area contributed by atoms with Gasteiger partial charge in [-0.25, -0.2) is 4.99 Å². The Labute approximate surface area is 183 Å². The second-order valence-corrected chi connectivity index (χ2v) is 7.05. The Morgan fingerprint density at radius 1 is 1.03 bits per heavy atom. The van der Waals surface area contributed by atoms with Crippen molar-refractivity contribution in [1.82, 2.24) is 0 Å². The predicted molar refractivity (Wildman–Crippen MR) is 122 cm³/mol. The number of amides is 2. The maximum Gasteiger partial charge on any atom is 0.282 e. The van der Waals surface area contributed by atoms with Gasteiger partial charge >= 0.3 is 0 Å². The van der Waals surface area contributed by atoms with E-state index in [-0.39, 0.29) is 23.2 Å². The lowest BCUT2D eigenvalue weighted by molar-refractivity contribution is -0.384. The Kier molecular flexibility index (Phi) is 5.59. The van der Waals surface area contributed by atoms with E-state index in [1.807, 2.05) is 30.3 Å². The van der Waals surface area contributed by atoms with Gasteiger partial charge in [0.05, 0.1) is 10.6 Å². The van der Waals surface area contributed by atoms with Gasteiger partial charge in [-0.05, 0) is 35.9 Å². The normalized spacial score (nSPS) is 14.4. The number of benzene rings is 3. The van der Waals surface area contributed by atoms with Crippen LogP contribution in [-0.4, -0.2) is 22.6 Å². The highest BCUT2D eigenvalue weighted by Crippen LogP contribution is 2.29. The fourth-order valence-electron chi connectivity index (χ4n) is 3.32. The van der Waals surface area contributed by atoms with Crippen molar-refractivity contribution in [1.29, 1.82) is 0 Å². The van der Waals surface area contributed by atoms with E-state index in [0.29, 0.717) is 22.8 Å². The number of hydrogen-bond acceptors (Lipinski definition) is 5. The van der Waals surface area contributed by atoms with E-state index in [4.69, 9.17) is 0 Å². The molecular weight excluding hydrogens is 408 g/mol. The van der Waals surface area contributed by atoms with Gasteiger partial charge in [0.25, 0.3) is 11.6 Å². The van der Waals surface area contributed by atoms with Crippen LogP contribution in [0, 0.1) is 10.1 Å². The van der Waals surface area contributed by atoms with Crippen LogP contribution in [0.15, 0.2) is 89.6 Å². The van der Waals surface area contributed by atoms with Crippen molar-refractivity contribution in [3.63, 3.8) is 0 Å². The van der Waals surface area contributed by atoms with Crippen LogP contribution in [0.1, 0.15) is 18.1 Å². The smallest absolute Gasteiger partial charge is 0.282 e. The summed E-state index contributed by atoms with van der Waals surface area (Å²) in [5, 5.41) is 13.8. The van der Waals surface area contributed by atoms with Gasteiger partial charge in [-0.2, -0.15) is 0 Å².